The van der Waals surface area contributed by atoms with E-state index in [0.29, 0.717) is 10.8 Å². The minimum Gasteiger partial charge on any atom is -0.453 e. The molecule has 0 amide bonds. The number of anilines is 1. The van der Waals surface area contributed by atoms with E-state index in [2.05, 4.69) is 10.5 Å². The van der Waals surface area contributed by atoms with Gasteiger partial charge in [0.2, 0.25) is 5.76 Å². The Morgan fingerprint density at radius 3 is 2.50 bits per heavy atom. The maximum atomic E-state index is 12.8. The number of carbonyl (C=O) groups is 1. The lowest BCUT2D eigenvalue weighted by molar-refractivity contribution is 0.0698. The average molecular weight is 423 g/mol. The van der Waals surface area contributed by atoms with Crippen LogP contribution in [0.5, 0.6) is 5.75 Å². The van der Waals surface area contributed by atoms with Gasteiger partial charge in [0.25, 0.3) is 0 Å². The van der Waals surface area contributed by atoms with Crippen LogP contribution in [-0.2, 0) is 6.42 Å². The molecule has 1 heterocycles. The van der Waals surface area contributed by atoms with Crippen LogP contribution in [0.15, 0.2) is 52.0 Å². The quantitative estimate of drug-likeness (QED) is 0.307. The van der Waals surface area contributed by atoms with Gasteiger partial charge in [-0.15, -0.1) is 0 Å². The van der Waals surface area contributed by atoms with Crippen LogP contribution in [0.4, 0.5) is 5.69 Å². The summed E-state index contributed by atoms with van der Waals surface area (Å²) in [7, 11) is 0. The number of esters is 1. The molecule has 3 aromatic rings. The highest BCUT2D eigenvalue weighted by molar-refractivity contribution is 6.32. The predicted octanol–water partition coefficient (Wildman–Crippen LogP) is 6.23. The van der Waals surface area contributed by atoms with Crippen LogP contribution in [-0.4, -0.2) is 11.7 Å². The number of carbonyl (C=O) groups excluding carboxylic acids is 1. The Balaban J connectivity index is 1.61. The van der Waals surface area contributed by atoms with Gasteiger partial charge in [0, 0.05) is 22.6 Å². The van der Waals surface area contributed by atoms with Crippen molar-refractivity contribution >= 4 is 29.0 Å². The molecule has 0 atom stereocenters. The molecule has 0 radical (unpaired) electrons. The van der Waals surface area contributed by atoms with E-state index in [0.717, 1.165) is 58.7 Å². The lowest BCUT2D eigenvalue weighted by Gasteiger charge is -2.13. The monoisotopic (exact) mass is 422 g/mol. The third kappa shape index (κ3) is 3.98. The Labute approximate surface area is 180 Å². The highest BCUT2D eigenvalue weighted by Gasteiger charge is 2.29. The van der Waals surface area contributed by atoms with Crippen LogP contribution >= 0.6 is 11.6 Å². The Hall–Kier alpha value is -3.05. The van der Waals surface area contributed by atoms with Gasteiger partial charge in [0.15, 0.2) is 0 Å². The molecule has 0 aliphatic heterocycles. The van der Waals surface area contributed by atoms with E-state index in [4.69, 9.17) is 20.8 Å². The summed E-state index contributed by atoms with van der Waals surface area (Å²) in [6, 6.07) is 13.3. The molecular formula is C24H23ClN2O3. The molecule has 1 N–H and O–H groups in total. The summed E-state index contributed by atoms with van der Waals surface area (Å²) in [4.78, 5) is 12.8. The van der Waals surface area contributed by atoms with Crippen LogP contribution in [0, 0.1) is 20.8 Å². The maximum absolute atomic E-state index is 12.8. The molecule has 0 fully saturated rings. The second-order valence-corrected chi connectivity index (χ2v) is 7.88. The molecule has 6 heteroatoms. The first-order valence-electron chi connectivity index (χ1n) is 9.93. The van der Waals surface area contributed by atoms with Crippen LogP contribution in [0.1, 0.15) is 51.4 Å². The summed E-state index contributed by atoms with van der Waals surface area (Å²) in [6.45, 7) is 5.64. The molecule has 0 spiro atoms. The average Bonchev–Trinajstić information content (AvgIpc) is 3.08. The number of aryl methyl sites for hydroxylation is 3. The zero-order valence-electron chi connectivity index (χ0n) is 17.2. The van der Waals surface area contributed by atoms with Crippen molar-refractivity contribution in [1.29, 1.82) is 0 Å². The van der Waals surface area contributed by atoms with E-state index in [1.807, 2.05) is 51.1 Å². The van der Waals surface area contributed by atoms with Crippen molar-refractivity contribution in [1.82, 2.24) is 0 Å². The number of hydrazone groups is 1. The predicted molar refractivity (Wildman–Crippen MR) is 119 cm³/mol. The number of nitrogens with one attached hydrogen (secondary N) is 1. The number of nitrogens with zero attached hydrogens (tertiary/aromatic N) is 1. The van der Waals surface area contributed by atoms with E-state index in [1.54, 1.807) is 12.1 Å². The molecule has 154 valence electrons. The number of fused-ring (bicyclic) bond motifs is 1. The first-order chi connectivity index (χ1) is 14.4. The molecule has 0 saturated heterocycles. The highest BCUT2D eigenvalue weighted by atomic mass is 35.5. The molecule has 1 aliphatic carbocycles. The summed E-state index contributed by atoms with van der Waals surface area (Å²) < 4.78 is 11.5. The standard InChI is InChI=1S/C24H23ClN2O3/c1-14-12-18(13-15(2)22(14)25)29-24(28)23-16(3)21-19(10-7-11-20(21)30-23)27-26-17-8-5-4-6-9-17/h4-6,8-9,12-13,26H,7,10-11H2,1-3H3/b27-19+. The van der Waals surface area contributed by atoms with Crippen LogP contribution in [0.2, 0.25) is 5.02 Å². The third-order valence-electron chi connectivity index (χ3n) is 5.23. The largest absolute Gasteiger partial charge is 0.453 e. The van der Waals surface area contributed by atoms with Gasteiger partial charge in [-0.2, -0.15) is 5.10 Å². The summed E-state index contributed by atoms with van der Waals surface area (Å²) in [6.07, 6.45) is 2.50. The minimum absolute atomic E-state index is 0.222. The van der Waals surface area contributed by atoms with Gasteiger partial charge >= 0.3 is 5.97 Å². The number of benzene rings is 2. The molecule has 0 saturated carbocycles. The second-order valence-electron chi connectivity index (χ2n) is 7.50. The van der Waals surface area contributed by atoms with E-state index in [9.17, 15) is 4.79 Å². The van der Waals surface area contributed by atoms with Crippen LogP contribution in [0.25, 0.3) is 0 Å². The van der Waals surface area contributed by atoms with Crippen molar-refractivity contribution in [2.45, 2.75) is 40.0 Å². The summed E-state index contributed by atoms with van der Waals surface area (Å²) >= 11 is 6.21. The fraction of sp³-hybridized carbons (Fsp3) is 0.250. The molecule has 30 heavy (non-hydrogen) atoms. The third-order valence-corrected chi connectivity index (χ3v) is 5.82. The van der Waals surface area contributed by atoms with Crippen molar-refractivity contribution in [2.75, 3.05) is 5.43 Å². The Bertz CT molecular complexity index is 1110. The molecule has 1 aliphatic rings. The molecule has 4 rings (SSSR count). The number of hydrogen-bond acceptors (Lipinski definition) is 5. The number of para-hydroxylation sites is 1. The summed E-state index contributed by atoms with van der Waals surface area (Å²) in [5, 5.41) is 5.26. The van der Waals surface area contributed by atoms with Gasteiger partial charge in [-0.05, 0) is 69.0 Å². The Morgan fingerprint density at radius 2 is 1.80 bits per heavy atom. The van der Waals surface area contributed by atoms with Gasteiger partial charge in [0.1, 0.15) is 11.5 Å². The lowest BCUT2D eigenvalue weighted by atomic mass is 9.93. The van der Waals surface area contributed by atoms with Gasteiger partial charge in [-0.3, -0.25) is 5.43 Å². The topological polar surface area (TPSA) is 63.8 Å². The lowest BCUT2D eigenvalue weighted by Crippen LogP contribution is -2.13. The zero-order chi connectivity index (χ0) is 21.3. The Morgan fingerprint density at radius 1 is 1.10 bits per heavy atom. The van der Waals surface area contributed by atoms with E-state index < -0.39 is 5.97 Å². The first kappa shape index (κ1) is 20.2. The SMILES string of the molecule is Cc1cc(OC(=O)c2oc3c(c2C)/C(=N/Nc2ccccc2)CCC3)cc(C)c1Cl. The maximum Gasteiger partial charge on any atom is 0.379 e. The van der Waals surface area contributed by atoms with Gasteiger partial charge in [0.05, 0.1) is 11.4 Å². The van der Waals surface area contributed by atoms with E-state index in [1.165, 1.54) is 0 Å². The van der Waals surface area contributed by atoms with Crippen molar-refractivity contribution < 1.29 is 13.9 Å². The van der Waals surface area contributed by atoms with Crippen LogP contribution in [0.3, 0.4) is 0 Å². The van der Waals surface area contributed by atoms with Crippen molar-refractivity contribution in [3.8, 4) is 5.75 Å². The van der Waals surface area contributed by atoms with Crippen molar-refractivity contribution in [3.63, 3.8) is 0 Å². The summed E-state index contributed by atoms with van der Waals surface area (Å²) in [5.41, 5.74) is 8.27. The zero-order valence-corrected chi connectivity index (χ0v) is 18.0. The summed E-state index contributed by atoms with van der Waals surface area (Å²) in [5.74, 6) is 0.938. The first-order valence-corrected chi connectivity index (χ1v) is 10.3. The molecule has 0 unspecified atom stereocenters. The normalized spacial score (nSPS) is 14.5. The number of ether oxygens (including phenoxy) is 1. The number of rotatable bonds is 4. The van der Waals surface area contributed by atoms with Crippen LogP contribution < -0.4 is 10.2 Å². The fourth-order valence-electron chi connectivity index (χ4n) is 3.74. The van der Waals surface area contributed by atoms with Gasteiger partial charge in [-0.1, -0.05) is 29.8 Å². The van der Waals surface area contributed by atoms with E-state index >= 15 is 0 Å². The number of furan rings is 1. The fourth-order valence-corrected chi connectivity index (χ4v) is 3.85. The number of hydrogen-bond donors (Lipinski definition) is 1. The minimum atomic E-state index is -0.515. The van der Waals surface area contributed by atoms with Gasteiger partial charge in [-0.25, -0.2) is 4.79 Å². The molecule has 5 nitrogen and oxygen atoms in total. The van der Waals surface area contributed by atoms with Crippen molar-refractivity contribution in [2.24, 2.45) is 5.10 Å². The Kier molecular flexibility index (Phi) is 5.64. The van der Waals surface area contributed by atoms with Gasteiger partial charge < -0.3 is 9.15 Å². The van der Waals surface area contributed by atoms with Crippen molar-refractivity contribution in [3.05, 3.63) is 81.3 Å². The molecule has 2 aromatic carbocycles. The number of halogens is 1. The molecule has 1 aromatic heterocycles. The highest BCUT2D eigenvalue weighted by Crippen LogP contribution is 2.32. The second kappa shape index (κ2) is 8.36. The van der Waals surface area contributed by atoms with E-state index in [-0.39, 0.29) is 5.76 Å². The molecule has 0 bridgehead atoms. The molecular weight excluding hydrogens is 400 g/mol. The smallest absolute Gasteiger partial charge is 0.379 e.